The average Bonchev–Trinajstić information content (AvgIpc) is 3.02. The van der Waals surface area contributed by atoms with E-state index in [1.54, 1.807) is 27.2 Å². The molecule has 3 heterocycles. The molecule has 2 aromatic carbocycles. The Morgan fingerprint density at radius 3 is 2.11 bits per heavy atom. The minimum atomic E-state index is -0.515. The van der Waals surface area contributed by atoms with Gasteiger partial charge in [0, 0.05) is 65.9 Å². The molecule has 2 atom stereocenters. The van der Waals surface area contributed by atoms with Crippen molar-refractivity contribution >= 4 is 28.8 Å². The molecule has 0 saturated heterocycles. The molecule has 3 aromatic heterocycles. The number of aryl methyl sites for hydroxylation is 1. The van der Waals surface area contributed by atoms with Crippen LogP contribution in [0.3, 0.4) is 0 Å². The maximum absolute atomic E-state index is 13.2. The zero-order valence-corrected chi connectivity index (χ0v) is 27.7. The number of benzene rings is 2. The van der Waals surface area contributed by atoms with Gasteiger partial charge in [0.15, 0.2) is 0 Å². The van der Waals surface area contributed by atoms with Crippen LogP contribution >= 0.6 is 23.2 Å². The first-order chi connectivity index (χ1) is 22.1. The van der Waals surface area contributed by atoms with Crippen molar-refractivity contribution in [3.8, 4) is 39.4 Å². The number of aromatic nitrogens is 3. The van der Waals surface area contributed by atoms with E-state index in [-0.39, 0.29) is 5.56 Å². The lowest BCUT2D eigenvalue weighted by Crippen LogP contribution is -2.30. The van der Waals surface area contributed by atoms with Crippen LogP contribution in [0.4, 0.5) is 0 Å². The fraction of sp³-hybridized carbons (Fsp3) is 0.286. The number of methoxy groups -OCH3 is 1. The number of hydrogen-bond acceptors (Lipinski definition) is 8. The van der Waals surface area contributed by atoms with Crippen LogP contribution in [0.1, 0.15) is 30.7 Å². The number of ether oxygens (including phenoxy) is 1. The van der Waals surface area contributed by atoms with E-state index < -0.39 is 12.2 Å². The van der Waals surface area contributed by atoms with E-state index in [1.165, 1.54) is 4.40 Å². The molecule has 4 N–H and O–H groups in total. The van der Waals surface area contributed by atoms with Crippen molar-refractivity contribution < 1.29 is 14.9 Å². The molecule has 0 spiro atoms. The largest absolute Gasteiger partial charge is 0.481 e. The van der Waals surface area contributed by atoms with Gasteiger partial charge >= 0.3 is 0 Å². The third kappa shape index (κ3) is 7.25. The number of hydrogen-bond donors (Lipinski definition) is 4. The average molecular weight is 663 g/mol. The Morgan fingerprint density at radius 2 is 1.46 bits per heavy atom. The summed E-state index contributed by atoms with van der Waals surface area (Å²) in [4.78, 5) is 22.7. The highest BCUT2D eigenvalue weighted by atomic mass is 35.5. The second kappa shape index (κ2) is 14.7. The summed E-state index contributed by atoms with van der Waals surface area (Å²) in [6.45, 7) is 6.86. The standard InChI is InChI=1S/C35H37Cl2N5O4/c1-20(43)16-38-18-24-11-12-30(41-34(24)46-4)28-10-6-9-27(33(28)37)26-8-5-7-25(32(26)36)23-13-14-42-31(15-23)40-22(3)29(35(42)45)19-39-17-21(2)44/h5-15,20-21,38-39,43-44H,16-19H2,1-4H3/t20-,21-/m0/s1. The fourth-order valence-corrected chi connectivity index (χ4v) is 5.97. The Balaban J connectivity index is 1.48. The fourth-order valence-electron chi connectivity index (χ4n) is 5.31. The summed E-state index contributed by atoms with van der Waals surface area (Å²) in [5, 5.41) is 26.4. The number of aliphatic hydroxyl groups is 2. The Kier molecular flexibility index (Phi) is 10.7. The first kappa shape index (κ1) is 33.5. The van der Waals surface area contributed by atoms with Crippen LogP contribution in [0.2, 0.25) is 10.0 Å². The summed E-state index contributed by atoms with van der Waals surface area (Å²) in [6.07, 6.45) is 0.732. The molecule has 0 fully saturated rings. The molecule has 0 radical (unpaired) electrons. The van der Waals surface area contributed by atoms with Crippen LogP contribution in [-0.2, 0) is 13.1 Å². The van der Waals surface area contributed by atoms with Crippen LogP contribution in [0, 0.1) is 6.92 Å². The third-order valence-corrected chi connectivity index (χ3v) is 8.45. The molecule has 0 aliphatic heterocycles. The highest BCUT2D eigenvalue weighted by Gasteiger charge is 2.18. The predicted molar refractivity (Wildman–Crippen MR) is 184 cm³/mol. The zero-order chi connectivity index (χ0) is 33.0. The van der Waals surface area contributed by atoms with E-state index in [9.17, 15) is 15.0 Å². The molecule has 5 aromatic rings. The molecular weight excluding hydrogens is 625 g/mol. The Morgan fingerprint density at radius 1 is 0.848 bits per heavy atom. The topological polar surface area (TPSA) is 121 Å². The van der Waals surface area contributed by atoms with E-state index in [2.05, 4.69) is 10.6 Å². The number of aliphatic hydroxyl groups excluding tert-OH is 2. The van der Waals surface area contributed by atoms with Gasteiger partial charge < -0.3 is 25.6 Å². The van der Waals surface area contributed by atoms with Gasteiger partial charge in [0.05, 0.1) is 40.6 Å². The highest BCUT2D eigenvalue weighted by molar-refractivity contribution is 6.39. The first-order valence-electron chi connectivity index (χ1n) is 15.0. The van der Waals surface area contributed by atoms with Crippen molar-refractivity contribution in [1.29, 1.82) is 0 Å². The lowest BCUT2D eigenvalue weighted by atomic mass is 9.97. The van der Waals surface area contributed by atoms with Gasteiger partial charge in [0.1, 0.15) is 5.65 Å². The number of fused-ring (bicyclic) bond motifs is 1. The normalized spacial score (nSPS) is 12.8. The van der Waals surface area contributed by atoms with Crippen LogP contribution in [0.5, 0.6) is 5.88 Å². The molecule has 0 saturated carbocycles. The van der Waals surface area contributed by atoms with Gasteiger partial charge in [0.25, 0.3) is 5.56 Å². The first-order valence-corrected chi connectivity index (χ1v) is 15.8. The minimum Gasteiger partial charge on any atom is -0.481 e. The second-order valence-electron chi connectivity index (χ2n) is 11.3. The van der Waals surface area contributed by atoms with E-state index in [0.29, 0.717) is 64.7 Å². The summed E-state index contributed by atoms with van der Waals surface area (Å²) >= 11 is 14.1. The van der Waals surface area contributed by atoms with Gasteiger partial charge in [0.2, 0.25) is 5.88 Å². The van der Waals surface area contributed by atoms with Crippen molar-refractivity contribution in [1.82, 2.24) is 25.0 Å². The molecule has 0 amide bonds. The lowest BCUT2D eigenvalue weighted by molar-refractivity contribution is 0.190. The summed E-state index contributed by atoms with van der Waals surface area (Å²) < 4.78 is 7.08. The molecular formula is C35H37Cl2N5O4. The smallest absolute Gasteiger partial charge is 0.262 e. The Labute approximate surface area is 277 Å². The van der Waals surface area contributed by atoms with E-state index in [4.69, 9.17) is 37.9 Å². The summed E-state index contributed by atoms with van der Waals surface area (Å²) in [7, 11) is 1.57. The summed E-state index contributed by atoms with van der Waals surface area (Å²) in [5.74, 6) is 0.472. The van der Waals surface area contributed by atoms with Crippen molar-refractivity contribution in [2.75, 3.05) is 20.2 Å². The number of rotatable bonds is 12. The Hall–Kier alpha value is -3.83. The third-order valence-electron chi connectivity index (χ3n) is 7.63. The molecule has 0 unspecified atom stereocenters. The maximum atomic E-state index is 13.2. The predicted octanol–water partition coefficient (Wildman–Crippen LogP) is 5.66. The van der Waals surface area contributed by atoms with Gasteiger partial charge in [-0.05, 0) is 44.5 Å². The lowest BCUT2D eigenvalue weighted by Gasteiger charge is -2.15. The molecule has 0 bridgehead atoms. The molecule has 240 valence electrons. The van der Waals surface area contributed by atoms with Crippen molar-refractivity contribution in [3.05, 3.63) is 104 Å². The minimum absolute atomic E-state index is 0.162. The van der Waals surface area contributed by atoms with Gasteiger partial charge in [-0.15, -0.1) is 0 Å². The summed E-state index contributed by atoms with van der Waals surface area (Å²) in [6, 6.07) is 19.0. The van der Waals surface area contributed by atoms with Crippen LogP contribution < -0.4 is 20.9 Å². The SMILES string of the molecule is COc1nc(-c2cccc(-c3cccc(-c4ccn5c(=O)c(CNC[C@H](C)O)c(C)nc5c4)c3Cl)c2Cl)ccc1CNC[C@H](C)O. The molecule has 9 nitrogen and oxygen atoms in total. The van der Waals surface area contributed by atoms with E-state index >= 15 is 0 Å². The quantitative estimate of drug-likeness (QED) is 0.135. The van der Waals surface area contributed by atoms with E-state index in [0.717, 1.165) is 33.4 Å². The Bertz CT molecular complexity index is 1930. The maximum Gasteiger partial charge on any atom is 0.262 e. The number of pyridine rings is 2. The van der Waals surface area contributed by atoms with Gasteiger partial charge in [-0.2, -0.15) is 0 Å². The molecule has 0 aliphatic carbocycles. The molecule has 11 heteroatoms. The summed E-state index contributed by atoms with van der Waals surface area (Å²) in [5.41, 5.74) is 6.82. The number of nitrogens with one attached hydrogen (secondary N) is 2. The van der Waals surface area contributed by atoms with Crippen molar-refractivity contribution in [2.45, 2.75) is 46.1 Å². The monoisotopic (exact) mass is 661 g/mol. The van der Waals surface area contributed by atoms with Gasteiger partial charge in [-0.3, -0.25) is 9.20 Å². The highest BCUT2D eigenvalue weighted by Crippen LogP contribution is 2.42. The van der Waals surface area contributed by atoms with Gasteiger partial charge in [-0.1, -0.05) is 65.7 Å². The van der Waals surface area contributed by atoms with Crippen molar-refractivity contribution in [3.63, 3.8) is 0 Å². The zero-order valence-electron chi connectivity index (χ0n) is 26.1. The van der Waals surface area contributed by atoms with Crippen molar-refractivity contribution in [2.24, 2.45) is 0 Å². The second-order valence-corrected chi connectivity index (χ2v) is 12.0. The van der Waals surface area contributed by atoms with Crippen LogP contribution in [0.25, 0.3) is 39.2 Å². The number of nitrogens with zero attached hydrogens (tertiary/aromatic N) is 3. The molecule has 5 rings (SSSR count). The van der Waals surface area contributed by atoms with Gasteiger partial charge in [-0.25, -0.2) is 9.97 Å². The van der Waals surface area contributed by atoms with Crippen LogP contribution in [0.15, 0.2) is 71.7 Å². The van der Waals surface area contributed by atoms with E-state index in [1.807, 2.05) is 67.6 Å². The number of halogens is 2. The van der Waals surface area contributed by atoms with Crippen LogP contribution in [-0.4, -0.2) is 57.0 Å². The molecule has 0 aliphatic rings. The molecule has 46 heavy (non-hydrogen) atoms.